The molecule has 8 nitrogen and oxygen atoms in total. The van der Waals surface area contributed by atoms with Crippen LogP contribution < -0.4 is 14.5 Å². The van der Waals surface area contributed by atoms with Gasteiger partial charge in [0.15, 0.2) is 0 Å². The standard InChI is InChI=1S/C25H25ClN4O4S/c1-3-30(18-9-5-4-6-10-18)35(33,34)19-13-14-21(26)20(17-19)24(31)27-22-11-7-8-12-23(22)29-16-15-28(2)25(29)32/h4-14,17H,3,15-16H2,1-2H3,(H,27,31). The van der Waals surface area contributed by atoms with E-state index in [0.29, 0.717) is 30.2 Å². The van der Waals surface area contributed by atoms with Crippen LogP contribution in [0.25, 0.3) is 0 Å². The van der Waals surface area contributed by atoms with Gasteiger partial charge in [-0.15, -0.1) is 0 Å². The quantitative estimate of drug-likeness (QED) is 0.497. The van der Waals surface area contributed by atoms with Gasteiger partial charge in [-0.05, 0) is 49.4 Å². The van der Waals surface area contributed by atoms with E-state index in [1.54, 1.807) is 78.4 Å². The predicted octanol–water partition coefficient (Wildman–Crippen LogP) is 4.68. The molecule has 0 aromatic heterocycles. The van der Waals surface area contributed by atoms with Crippen LogP contribution in [0, 0.1) is 0 Å². The van der Waals surface area contributed by atoms with Gasteiger partial charge in [0.25, 0.3) is 15.9 Å². The molecule has 1 saturated heterocycles. The van der Waals surface area contributed by atoms with Crippen molar-refractivity contribution in [3.63, 3.8) is 0 Å². The zero-order chi connectivity index (χ0) is 25.2. The zero-order valence-corrected chi connectivity index (χ0v) is 20.9. The van der Waals surface area contributed by atoms with Gasteiger partial charge in [-0.2, -0.15) is 0 Å². The lowest BCUT2D eigenvalue weighted by Crippen LogP contribution is -2.31. The summed E-state index contributed by atoms with van der Waals surface area (Å²) < 4.78 is 28.1. The van der Waals surface area contributed by atoms with E-state index in [-0.39, 0.29) is 28.1 Å². The fourth-order valence-corrected chi connectivity index (χ4v) is 5.63. The highest BCUT2D eigenvalue weighted by Gasteiger charge is 2.29. The summed E-state index contributed by atoms with van der Waals surface area (Å²) in [5.41, 5.74) is 1.50. The number of sulfonamides is 1. The summed E-state index contributed by atoms with van der Waals surface area (Å²) in [4.78, 5) is 28.8. The van der Waals surface area contributed by atoms with Crippen molar-refractivity contribution in [3.8, 4) is 0 Å². The van der Waals surface area contributed by atoms with Crippen LogP contribution in [0.2, 0.25) is 5.02 Å². The molecule has 0 atom stereocenters. The van der Waals surface area contributed by atoms with Gasteiger partial charge < -0.3 is 10.2 Å². The van der Waals surface area contributed by atoms with Gasteiger partial charge in [0.2, 0.25) is 0 Å². The summed E-state index contributed by atoms with van der Waals surface area (Å²) in [7, 11) is -2.24. The average molecular weight is 513 g/mol. The Kier molecular flexibility index (Phi) is 7.00. The maximum atomic E-state index is 13.4. The molecule has 3 aromatic carbocycles. The van der Waals surface area contributed by atoms with Gasteiger partial charge in [0.1, 0.15) is 0 Å². The molecule has 3 amide bonds. The highest BCUT2D eigenvalue weighted by Crippen LogP contribution is 2.31. The number of amides is 3. The molecule has 0 bridgehead atoms. The molecule has 1 aliphatic heterocycles. The number of anilines is 3. The van der Waals surface area contributed by atoms with Crippen molar-refractivity contribution in [2.75, 3.05) is 41.2 Å². The second-order valence-electron chi connectivity index (χ2n) is 7.97. The zero-order valence-electron chi connectivity index (χ0n) is 19.3. The second-order valence-corrected chi connectivity index (χ2v) is 10.2. The van der Waals surface area contributed by atoms with E-state index < -0.39 is 15.9 Å². The monoisotopic (exact) mass is 512 g/mol. The molecule has 35 heavy (non-hydrogen) atoms. The summed E-state index contributed by atoms with van der Waals surface area (Å²) in [6.07, 6.45) is 0. The molecule has 0 spiro atoms. The highest BCUT2D eigenvalue weighted by molar-refractivity contribution is 7.92. The van der Waals surface area contributed by atoms with Gasteiger partial charge in [-0.25, -0.2) is 13.2 Å². The molecule has 182 valence electrons. The molecule has 1 aliphatic rings. The Morgan fingerprint density at radius 3 is 2.37 bits per heavy atom. The summed E-state index contributed by atoms with van der Waals surface area (Å²) in [5.74, 6) is -0.581. The molecule has 0 radical (unpaired) electrons. The van der Waals surface area contributed by atoms with Gasteiger partial charge in [-0.1, -0.05) is 41.9 Å². The van der Waals surface area contributed by atoms with Crippen molar-refractivity contribution in [1.82, 2.24) is 4.90 Å². The number of benzene rings is 3. The van der Waals surface area contributed by atoms with E-state index in [1.807, 2.05) is 0 Å². The number of carbonyl (C=O) groups excluding carboxylic acids is 2. The lowest BCUT2D eigenvalue weighted by atomic mass is 10.2. The summed E-state index contributed by atoms with van der Waals surface area (Å²) in [6.45, 7) is 3.01. The second kappa shape index (κ2) is 9.97. The maximum Gasteiger partial charge on any atom is 0.324 e. The smallest absolute Gasteiger partial charge is 0.324 e. The Labute approximate surface area is 209 Å². The van der Waals surface area contributed by atoms with Crippen LogP contribution in [0.5, 0.6) is 0 Å². The molecule has 3 aromatic rings. The van der Waals surface area contributed by atoms with Gasteiger partial charge in [-0.3, -0.25) is 14.0 Å². The van der Waals surface area contributed by atoms with E-state index in [4.69, 9.17) is 11.6 Å². The molecule has 0 aliphatic carbocycles. The normalized spacial score (nSPS) is 13.7. The Bertz CT molecular complexity index is 1360. The van der Waals surface area contributed by atoms with Gasteiger partial charge >= 0.3 is 6.03 Å². The van der Waals surface area contributed by atoms with Crippen molar-refractivity contribution in [2.24, 2.45) is 0 Å². The number of likely N-dealkylation sites (N-methyl/N-ethyl adjacent to an activating group) is 1. The third-order valence-corrected chi connectivity index (χ3v) is 7.99. The fraction of sp³-hybridized carbons (Fsp3) is 0.200. The summed E-state index contributed by atoms with van der Waals surface area (Å²) in [6, 6.07) is 19.6. The molecule has 0 saturated carbocycles. The van der Waals surface area contributed by atoms with E-state index in [9.17, 15) is 18.0 Å². The largest absolute Gasteiger partial charge is 0.326 e. The van der Waals surface area contributed by atoms with Crippen LogP contribution in [-0.4, -0.2) is 51.9 Å². The molecule has 1 N–H and O–H groups in total. The minimum absolute atomic E-state index is 0.0107. The van der Waals surface area contributed by atoms with Crippen LogP contribution in [0.3, 0.4) is 0 Å². The van der Waals surface area contributed by atoms with E-state index in [1.165, 1.54) is 22.5 Å². The number of rotatable bonds is 7. The van der Waals surface area contributed by atoms with E-state index in [2.05, 4.69) is 5.32 Å². The maximum absolute atomic E-state index is 13.4. The number of hydrogen-bond acceptors (Lipinski definition) is 4. The van der Waals surface area contributed by atoms with Crippen molar-refractivity contribution in [2.45, 2.75) is 11.8 Å². The number of carbonyl (C=O) groups is 2. The van der Waals surface area contributed by atoms with E-state index in [0.717, 1.165) is 0 Å². The van der Waals surface area contributed by atoms with Crippen LogP contribution in [-0.2, 0) is 10.0 Å². The first-order valence-electron chi connectivity index (χ1n) is 11.0. The van der Waals surface area contributed by atoms with Gasteiger partial charge in [0.05, 0.1) is 32.5 Å². The van der Waals surface area contributed by atoms with Crippen LogP contribution in [0.1, 0.15) is 17.3 Å². The summed E-state index contributed by atoms with van der Waals surface area (Å²) >= 11 is 6.31. The number of halogens is 1. The summed E-state index contributed by atoms with van der Waals surface area (Å²) in [5, 5.41) is 2.90. The lowest BCUT2D eigenvalue weighted by Gasteiger charge is -2.23. The number of para-hydroxylation sites is 3. The number of hydrogen-bond donors (Lipinski definition) is 1. The first kappa shape index (κ1) is 24.6. The first-order chi connectivity index (χ1) is 16.7. The lowest BCUT2D eigenvalue weighted by molar-refractivity contribution is 0.102. The van der Waals surface area contributed by atoms with E-state index >= 15 is 0 Å². The van der Waals surface area contributed by atoms with Crippen molar-refractivity contribution < 1.29 is 18.0 Å². The first-order valence-corrected chi connectivity index (χ1v) is 12.9. The third kappa shape index (κ3) is 4.82. The van der Waals surface area contributed by atoms with Crippen molar-refractivity contribution in [1.29, 1.82) is 0 Å². The fourth-order valence-electron chi connectivity index (χ4n) is 3.93. The van der Waals surface area contributed by atoms with Gasteiger partial charge in [0, 0.05) is 26.7 Å². The Morgan fingerprint density at radius 1 is 1.03 bits per heavy atom. The SMILES string of the molecule is CCN(c1ccccc1)S(=O)(=O)c1ccc(Cl)c(C(=O)Nc2ccccc2N2CCN(C)C2=O)c1. The third-order valence-electron chi connectivity index (χ3n) is 5.76. The van der Waals surface area contributed by atoms with Crippen LogP contribution in [0.15, 0.2) is 77.7 Å². The van der Waals surface area contributed by atoms with Crippen LogP contribution >= 0.6 is 11.6 Å². The molecular formula is C25H25ClN4O4S. The minimum Gasteiger partial charge on any atom is -0.326 e. The molecule has 10 heteroatoms. The predicted molar refractivity (Wildman–Crippen MR) is 138 cm³/mol. The minimum atomic E-state index is -3.95. The molecule has 4 rings (SSSR count). The molecule has 1 fully saturated rings. The Hall–Kier alpha value is -3.56. The number of nitrogens with zero attached hydrogens (tertiary/aromatic N) is 3. The molecule has 1 heterocycles. The molecule has 0 unspecified atom stereocenters. The number of nitrogens with one attached hydrogen (secondary N) is 1. The highest BCUT2D eigenvalue weighted by atomic mass is 35.5. The van der Waals surface area contributed by atoms with Crippen molar-refractivity contribution >= 4 is 50.6 Å². The average Bonchev–Trinajstić information content (AvgIpc) is 3.18. The van der Waals surface area contributed by atoms with Crippen LogP contribution in [0.4, 0.5) is 21.9 Å². The topological polar surface area (TPSA) is 90.0 Å². The molecular weight excluding hydrogens is 488 g/mol. The Morgan fingerprint density at radius 2 is 1.71 bits per heavy atom. The van der Waals surface area contributed by atoms with Crippen molar-refractivity contribution in [3.05, 3.63) is 83.4 Å². The Balaban J connectivity index is 1.65. The number of urea groups is 1.